The summed E-state index contributed by atoms with van der Waals surface area (Å²) in [4.78, 5) is 38.2. The maximum atomic E-state index is 13.6. The first kappa shape index (κ1) is 35.9. The topological polar surface area (TPSA) is 128 Å². The summed E-state index contributed by atoms with van der Waals surface area (Å²) in [6.07, 6.45) is -4.51. The molecule has 0 aromatic heterocycles. The molecule has 3 fully saturated rings. The molecule has 3 saturated heterocycles. The maximum Gasteiger partial charge on any atom is 0.407 e. The second kappa shape index (κ2) is 14.0. The van der Waals surface area contributed by atoms with Gasteiger partial charge in [0.1, 0.15) is 12.2 Å². The smallest absolute Gasteiger partial charge is 0.407 e. The predicted molar refractivity (Wildman–Crippen MR) is 173 cm³/mol. The molecule has 0 radical (unpaired) electrons. The van der Waals surface area contributed by atoms with Crippen LogP contribution in [0.3, 0.4) is 0 Å². The molecule has 11 nitrogen and oxygen atoms in total. The van der Waals surface area contributed by atoms with Gasteiger partial charge in [-0.1, -0.05) is 85.4 Å². The molecule has 1 aromatic carbocycles. The second-order valence-electron chi connectivity index (χ2n) is 13.3. The van der Waals surface area contributed by atoms with Gasteiger partial charge in [-0.25, -0.2) is 9.59 Å². The number of rotatable bonds is 10. The van der Waals surface area contributed by atoms with Gasteiger partial charge in [-0.3, -0.25) is 4.79 Å². The van der Waals surface area contributed by atoms with Gasteiger partial charge in [0.05, 0.1) is 19.8 Å². The summed E-state index contributed by atoms with van der Waals surface area (Å²) in [5, 5.41) is 2.84. The number of carbonyl (C=O) groups excluding carboxylic acids is 3. The molecule has 3 aliphatic rings. The molecular weight excluding hydrogens is 635 g/mol. The normalized spacial score (nSPS) is 30.0. The lowest BCUT2D eigenvalue weighted by molar-refractivity contribution is -0.213. The van der Waals surface area contributed by atoms with Gasteiger partial charge in [0.2, 0.25) is 4.93 Å². The van der Waals surface area contributed by atoms with E-state index in [4.69, 9.17) is 31.9 Å². The first-order valence-corrected chi connectivity index (χ1v) is 20.5. The number of alkyl carbamates (subject to hydrolysis) is 1. The Bertz CT molecular complexity index is 1200. The highest BCUT2D eigenvalue weighted by atomic mass is 32.2. The van der Waals surface area contributed by atoms with E-state index in [2.05, 4.69) is 60.7 Å². The standard InChI is InChI=1S/C31H49NO10SSi2/c1-18(2)44(19(3)4)37-17-25(41-45(42-44,20(5)6)21(7)8)27(38-22(9)33)28-26-24(32-30(35)39-26)16-31(40-28,29(34)36-10)43-23-14-12-11-13-15-23/h11-15,18-21,24-28H,16-17H2,1-10H3,(H,32,35)/t24-,25+,26+,27+,28+,31-/m0/s1. The lowest BCUT2D eigenvalue weighted by atomic mass is 9.90. The quantitative estimate of drug-likeness (QED) is 0.183. The van der Waals surface area contributed by atoms with Crippen molar-refractivity contribution in [1.82, 2.24) is 5.32 Å². The molecule has 0 spiro atoms. The zero-order valence-electron chi connectivity index (χ0n) is 28.0. The molecule has 1 N–H and O–H groups in total. The number of methoxy groups -OCH3 is 1. The fourth-order valence-electron chi connectivity index (χ4n) is 6.79. The predicted octanol–water partition coefficient (Wildman–Crippen LogP) is 5.80. The first-order valence-electron chi connectivity index (χ1n) is 15.8. The molecule has 3 heterocycles. The molecule has 45 heavy (non-hydrogen) atoms. The van der Waals surface area contributed by atoms with Crippen LogP contribution in [0, 0.1) is 0 Å². The number of fused-ring (bicyclic) bond motifs is 1. The largest absolute Gasteiger partial charge is 0.466 e. The van der Waals surface area contributed by atoms with Crippen LogP contribution in [0.15, 0.2) is 35.2 Å². The van der Waals surface area contributed by atoms with Crippen LogP contribution in [-0.2, 0) is 41.5 Å². The molecule has 252 valence electrons. The van der Waals surface area contributed by atoms with Crippen molar-refractivity contribution in [2.24, 2.45) is 0 Å². The Balaban J connectivity index is 1.85. The van der Waals surface area contributed by atoms with E-state index in [1.807, 2.05) is 30.3 Å². The number of ether oxygens (including phenoxy) is 4. The second-order valence-corrected chi connectivity index (χ2v) is 23.5. The van der Waals surface area contributed by atoms with Gasteiger partial charge in [-0.05, 0) is 34.3 Å². The summed E-state index contributed by atoms with van der Waals surface area (Å²) >= 11 is 1.18. The highest BCUT2D eigenvalue weighted by molar-refractivity contribution is 8.01. The van der Waals surface area contributed by atoms with Crippen LogP contribution in [0.1, 0.15) is 68.7 Å². The van der Waals surface area contributed by atoms with Crippen molar-refractivity contribution in [3.8, 4) is 0 Å². The monoisotopic (exact) mass is 683 g/mol. The number of thioether (sulfide) groups is 1. The van der Waals surface area contributed by atoms with E-state index >= 15 is 0 Å². The molecule has 4 rings (SSSR count). The molecule has 0 bridgehead atoms. The molecule has 0 unspecified atom stereocenters. The van der Waals surface area contributed by atoms with Gasteiger partial charge in [-0.2, -0.15) is 0 Å². The van der Waals surface area contributed by atoms with Crippen molar-refractivity contribution in [2.45, 2.75) is 131 Å². The van der Waals surface area contributed by atoms with Gasteiger partial charge >= 0.3 is 35.2 Å². The summed E-state index contributed by atoms with van der Waals surface area (Å²) < 4.78 is 45.1. The third-order valence-electron chi connectivity index (χ3n) is 8.94. The summed E-state index contributed by atoms with van der Waals surface area (Å²) in [6, 6.07) is 8.68. The SMILES string of the molecule is COC(=O)[C@@]1(Sc2ccccc2)C[C@@H]2NC(=O)O[C@H]2[C@H]([C@H](OC(C)=O)[C@H]2CO[Si](C(C)C)(C(C)C)O[Si](C(C)C)(C(C)C)O2)O1. The number of carbonyl (C=O) groups is 3. The Labute approximate surface area is 273 Å². The van der Waals surface area contributed by atoms with E-state index in [0.717, 1.165) is 4.90 Å². The van der Waals surface area contributed by atoms with Gasteiger partial charge in [0, 0.05) is 18.2 Å². The minimum atomic E-state index is -3.09. The van der Waals surface area contributed by atoms with Crippen LogP contribution in [0.4, 0.5) is 4.79 Å². The molecule has 0 aliphatic carbocycles. The van der Waals surface area contributed by atoms with Crippen molar-refractivity contribution < 1.29 is 46.3 Å². The average molecular weight is 684 g/mol. The maximum absolute atomic E-state index is 13.6. The molecular formula is C31H49NO10SSi2. The van der Waals surface area contributed by atoms with Gasteiger partial charge < -0.3 is 37.2 Å². The van der Waals surface area contributed by atoms with Crippen molar-refractivity contribution in [3.63, 3.8) is 0 Å². The molecule has 1 amide bonds. The van der Waals surface area contributed by atoms with Crippen LogP contribution in [-0.4, -0.2) is 84.3 Å². The van der Waals surface area contributed by atoms with Gasteiger partial charge in [-0.15, -0.1) is 0 Å². The van der Waals surface area contributed by atoms with Crippen LogP contribution < -0.4 is 5.32 Å². The summed E-state index contributed by atoms with van der Waals surface area (Å²) in [5.41, 5.74) is 0.276. The Hall–Kier alpha value is -1.95. The molecule has 14 heteroatoms. The Kier molecular flexibility index (Phi) is 11.2. The zero-order chi connectivity index (χ0) is 33.3. The number of hydrogen-bond donors (Lipinski definition) is 1. The van der Waals surface area contributed by atoms with Crippen molar-refractivity contribution in [1.29, 1.82) is 0 Å². The van der Waals surface area contributed by atoms with E-state index in [9.17, 15) is 14.4 Å². The highest BCUT2D eigenvalue weighted by Crippen LogP contribution is 2.50. The minimum absolute atomic E-state index is 0.0258. The van der Waals surface area contributed by atoms with Crippen LogP contribution >= 0.6 is 11.8 Å². The lowest BCUT2D eigenvalue weighted by Gasteiger charge is -2.47. The van der Waals surface area contributed by atoms with Crippen LogP contribution in [0.25, 0.3) is 0 Å². The van der Waals surface area contributed by atoms with Crippen LogP contribution in [0.5, 0.6) is 0 Å². The van der Waals surface area contributed by atoms with Crippen molar-refractivity contribution in [2.75, 3.05) is 13.7 Å². The summed E-state index contributed by atoms with van der Waals surface area (Å²) in [5.74, 6) is -1.21. The number of amides is 1. The number of esters is 2. The first-order chi connectivity index (χ1) is 21.1. The molecule has 6 atom stereocenters. The third-order valence-corrected chi connectivity index (χ3v) is 20.5. The Morgan fingerprint density at radius 3 is 2.11 bits per heavy atom. The summed E-state index contributed by atoms with van der Waals surface area (Å²) in [6.45, 7) is 18.3. The Morgan fingerprint density at radius 1 is 0.978 bits per heavy atom. The van der Waals surface area contributed by atoms with E-state index in [1.165, 1.54) is 25.8 Å². The van der Waals surface area contributed by atoms with Gasteiger partial charge in [0.15, 0.2) is 12.2 Å². The summed E-state index contributed by atoms with van der Waals surface area (Å²) in [7, 11) is -4.69. The van der Waals surface area contributed by atoms with Gasteiger partial charge in [0.25, 0.3) is 0 Å². The van der Waals surface area contributed by atoms with E-state index < -0.39 is 70.5 Å². The average Bonchev–Trinajstić information content (AvgIpc) is 3.23. The van der Waals surface area contributed by atoms with Crippen molar-refractivity contribution in [3.05, 3.63) is 30.3 Å². The Morgan fingerprint density at radius 2 is 1.58 bits per heavy atom. The van der Waals surface area contributed by atoms with E-state index in [0.29, 0.717) is 0 Å². The minimum Gasteiger partial charge on any atom is -0.466 e. The lowest BCUT2D eigenvalue weighted by Crippen LogP contribution is -2.64. The third kappa shape index (κ3) is 7.02. The van der Waals surface area contributed by atoms with Crippen LogP contribution in [0.2, 0.25) is 22.2 Å². The number of hydrogen-bond acceptors (Lipinski definition) is 11. The number of nitrogens with one attached hydrogen (secondary N) is 1. The zero-order valence-corrected chi connectivity index (χ0v) is 30.8. The number of benzene rings is 1. The fraction of sp³-hybridized carbons (Fsp3) is 0.710. The van der Waals surface area contributed by atoms with E-state index in [1.54, 1.807) is 0 Å². The van der Waals surface area contributed by atoms with Crippen molar-refractivity contribution >= 4 is 46.9 Å². The highest BCUT2D eigenvalue weighted by Gasteiger charge is 2.64. The molecule has 0 saturated carbocycles. The molecule has 1 aromatic rings. The molecule has 3 aliphatic heterocycles. The van der Waals surface area contributed by atoms with E-state index in [-0.39, 0.29) is 35.2 Å². The fourth-order valence-corrected chi connectivity index (χ4v) is 19.2.